The standard InChI is InChI=1S/C28H38BrFN4O2/c1-20-13-23(15-24(29)14-20)28(36)32(2)17-22(21-3-5-25(30)6-4-21)7-10-33-18-27(19-33)34-11-9-31-16-26(34)8-12-35/h3-6,13-15,22,26-27,31,35H,7-12,16-19H2,1-2H3/t22-,26?/m1/s1. The molecule has 1 amide bonds. The summed E-state index contributed by atoms with van der Waals surface area (Å²) >= 11 is 3.49. The van der Waals surface area contributed by atoms with Crippen LogP contribution in [0.3, 0.4) is 0 Å². The molecule has 2 N–H and O–H groups in total. The molecule has 196 valence electrons. The number of likely N-dealkylation sites (tertiary alicyclic amines) is 1. The number of hydrogen-bond acceptors (Lipinski definition) is 5. The SMILES string of the molecule is Cc1cc(Br)cc(C(=O)N(C)C[C@@H](CCN2CC(N3CCNCC3CCO)C2)c2ccc(F)cc2)c1. The molecule has 2 aromatic carbocycles. The molecule has 0 aromatic heterocycles. The third kappa shape index (κ3) is 6.92. The second kappa shape index (κ2) is 12.6. The van der Waals surface area contributed by atoms with Crippen LogP contribution in [0.5, 0.6) is 0 Å². The Hall–Kier alpha value is -1.84. The summed E-state index contributed by atoms with van der Waals surface area (Å²) in [6, 6.07) is 13.4. The lowest BCUT2D eigenvalue weighted by atomic mass is 9.93. The fraction of sp³-hybridized carbons (Fsp3) is 0.536. The number of benzene rings is 2. The number of carbonyl (C=O) groups is 1. The molecule has 0 saturated carbocycles. The van der Waals surface area contributed by atoms with E-state index < -0.39 is 0 Å². The molecular formula is C28H38BrFN4O2. The van der Waals surface area contributed by atoms with Crippen molar-refractivity contribution in [3.8, 4) is 0 Å². The van der Waals surface area contributed by atoms with E-state index in [2.05, 4.69) is 31.0 Å². The average Bonchev–Trinajstić information content (AvgIpc) is 2.82. The minimum Gasteiger partial charge on any atom is -0.396 e. The number of aryl methyl sites for hydroxylation is 1. The zero-order chi connectivity index (χ0) is 25.7. The topological polar surface area (TPSA) is 59.1 Å². The molecule has 0 bridgehead atoms. The van der Waals surface area contributed by atoms with E-state index in [4.69, 9.17) is 0 Å². The van der Waals surface area contributed by atoms with E-state index in [1.807, 2.05) is 44.3 Å². The van der Waals surface area contributed by atoms with Gasteiger partial charge in [0.25, 0.3) is 5.91 Å². The van der Waals surface area contributed by atoms with Crippen LogP contribution in [-0.2, 0) is 0 Å². The Kier molecular flexibility index (Phi) is 9.52. The molecule has 2 aromatic rings. The number of nitrogens with zero attached hydrogens (tertiary/aromatic N) is 3. The summed E-state index contributed by atoms with van der Waals surface area (Å²) in [5.41, 5.74) is 2.76. The summed E-state index contributed by atoms with van der Waals surface area (Å²) in [5, 5.41) is 12.9. The first-order valence-corrected chi connectivity index (χ1v) is 13.7. The fourth-order valence-electron chi connectivity index (χ4n) is 5.54. The van der Waals surface area contributed by atoms with Gasteiger partial charge in [0, 0.05) is 81.0 Å². The number of nitrogens with one attached hydrogen (secondary N) is 1. The molecule has 8 heteroatoms. The molecule has 6 nitrogen and oxygen atoms in total. The summed E-state index contributed by atoms with van der Waals surface area (Å²) in [6.45, 7) is 8.76. The molecule has 0 spiro atoms. The maximum absolute atomic E-state index is 13.6. The number of halogens is 2. The molecule has 2 aliphatic heterocycles. The molecule has 4 rings (SSSR count). The van der Waals surface area contributed by atoms with Crippen LogP contribution in [0.25, 0.3) is 0 Å². The van der Waals surface area contributed by atoms with Crippen molar-refractivity contribution in [3.05, 3.63) is 69.4 Å². The molecule has 2 atom stereocenters. The molecule has 1 unspecified atom stereocenters. The van der Waals surface area contributed by atoms with E-state index in [1.54, 1.807) is 4.90 Å². The minimum absolute atomic E-state index is 0.0100. The van der Waals surface area contributed by atoms with Gasteiger partial charge in [0.15, 0.2) is 0 Å². The molecule has 2 fully saturated rings. The summed E-state index contributed by atoms with van der Waals surface area (Å²) in [7, 11) is 1.85. The Morgan fingerprint density at radius 3 is 2.69 bits per heavy atom. The lowest BCUT2D eigenvalue weighted by Gasteiger charge is -2.50. The molecule has 2 saturated heterocycles. The first kappa shape index (κ1) is 27.2. The molecule has 36 heavy (non-hydrogen) atoms. The van der Waals surface area contributed by atoms with Gasteiger partial charge in [-0.25, -0.2) is 4.39 Å². The van der Waals surface area contributed by atoms with Crippen LogP contribution in [0.4, 0.5) is 4.39 Å². The van der Waals surface area contributed by atoms with E-state index in [9.17, 15) is 14.3 Å². The van der Waals surface area contributed by atoms with Crippen molar-refractivity contribution in [1.29, 1.82) is 0 Å². The third-order valence-electron chi connectivity index (χ3n) is 7.53. The van der Waals surface area contributed by atoms with Gasteiger partial charge < -0.3 is 20.2 Å². The Labute approximate surface area is 222 Å². The zero-order valence-electron chi connectivity index (χ0n) is 21.3. The summed E-state index contributed by atoms with van der Waals surface area (Å²) in [6.07, 6.45) is 1.71. The Balaban J connectivity index is 1.37. The molecule has 2 aliphatic rings. The largest absolute Gasteiger partial charge is 0.396 e. The van der Waals surface area contributed by atoms with Crippen LogP contribution in [0.15, 0.2) is 46.9 Å². The van der Waals surface area contributed by atoms with Gasteiger partial charge in [0.05, 0.1) is 0 Å². The summed E-state index contributed by atoms with van der Waals surface area (Å²) < 4.78 is 14.5. The number of amides is 1. The second-order valence-corrected chi connectivity index (χ2v) is 11.2. The third-order valence-corrected chi connectivity index (χ3v) is 7.99. The average molecular weight is 562 g/mol. The number of rotatable bonds is 10. The monoisotopic (exact) mass is 560 g/mol. The highest BCUT2D eigenvalue weighted by atomic mass is 79.9. The predicted molar refractivity (Wildman–Crippen MR) is 145 cm³/mol. The maximum Gasteiger partial charge on any atom is 0.253 e. The van der Waals surface area contributed by atoms with Crippen LogP contribution >= 0.6 is 15.9 Å². The van der Waals surface area contributed by atoms with Gasteiger partial charge in [-0.3, -0.25) is 9.69 Å². The van der Waals surface area contributed by atoms with Crippen molar-refractivity contribution < 1.29 is 14.3 Å². The lowest BCUT2D eigenvalue weighted by Crippen LogP contribution is -2.66. The molecule has 0 radical (unpaired) electrons. The highest BCUT2D eigenvalue weighted by molar-refractivity contribution is 9.10. The van der Waals surface area contributed by atoms with E-state index in [1.165, 1.54) is 12.1 Å². The van der Waals surface area contributed by atoms with E-state index in [0.29, 0.717) is 24.2 Å². The number of carbonyl (C=O) groups excluding carboxylic acids is 1. The number of likely N-dealkylation sites (N-methyl/N-ethyl adjacent to an activating group) is 1. The number of aliphatic hydroxyl groups is 1. The number of hydrogen-bond donors (Lipinski definition) is 2. The van der Waals surface area contributed by atoms with Crippen molar-refractivity contribution in [2.24, 2.45) is 0 Å². The van der Waals surface area contributed by atoms with Crippen LogP contribution in [-0.4, -0.2) is 97.3 Å². The van der Waals surface area contributed by atoms with E-state index >= 15 is 0 Å². The van der Waals surface area contributed by atoms with Crippen molar-refractivity contribution >= 4 is 21.8 Å². The van der Waals surface area contributed by atoms with Crippen molar-refractivity contribution in [2.45, 2.75) is 37.8 Å². The normalized spacial score (nSPS) is 20.2. The van der Waals surface area contributed by atoms with Crippen LogP contribution < -0.4 is 5.32 Å². The summed E-state index contributed by atoms with van der Waals surface area (Å²) in [5.74, 6) is -0.136. The lowest BCUT2D eigenvalue weighted by molar-refractivity contribution is -0.00904. The van der Waals surface area contributed by atoms with Gasteiger partial charge in [-0.15, -0.1) is 0 Å². The van der Waals surface area contributed by atoms with Gasteiger partial charge in [0.1, 0.15) is 5.82 Å². The van der Waals surface area contributed by atoms with Gasteiger partial charge in [0.2, 0.25) is 0 Å². The molecular weight excluding hydrogens is 523 g/mol. The quantitative estimate of drug-likeness (QED) is 0.466. The van der Waals surface area contributed by atoms with Crippen LogP contribution in [0.1, 0.15) is 40.2 Å². The van der Waals surface area contributed by atoms with E-state index in [-0.39, 0.29) is 24.2 Å². The highest BCUT2D eigenvalue weighted by Crippen LogP contribution is 2.26. The van der Waals surface area contributed by atoms with Gasteiger partial charge in [-0.05, 0) is 67.8 Å². The van der Waals surface area contributed by atoms with Crippen molar-refractivity contribution in [1.82, 2.24) is 20.0 Å². The van der Waals surface area contributed by atoms with Crippen LogP contribution in [0.2, 0.25) is 0 Å². The first-order valence-electron chi connectivity index (χ1n) is 12.9. The predicted octanol–water partition coefficient (Wildman–Crippen LogP) is 3.48. The van der Waals surface area contributed by atoms with Gasteiger partial charge >= 0.3 is 0 Å². The zero-order valence-corrected chi connectivity index (χ0v) is 22.9. The van der Waals surface area contributed by atoms with Gasteiger partial charge in [-0.1, -0.05) is 28.1 Å². The van der Waals surface area contributed by atoms with E-state index in [0.717, 1.165) is 67.7 Å². The highest BCUT2D eigenvalue weighted by Gasteiger charge is 2.36. The Bertz CT molecular complexity index is 993. The smallest absolute Gasteiger partial charge is 0.253 e. The first-order chi connectivity index (χ1) is 17.3. The van der Waals surface area contributed by atoms with Crippen molar-refractivity contribution in [3.63, 3.8) is 0 Å². The van der Waals surface area contributed by atoms with Gasteiger partial charge in [-0.2, -0.15) is 0 Å². The molecule has 0 aliphatic carbocycles. The Morgan fingerprint density at radius 2 is 2.00 bits per heavy atom. The van der Waals surface area contributed by atoms with Crippen LogP contribution in [0, 0.1) is 12.7 Å². The fourth-order valence-corrected chi connectivity index (χ4v) is 6.15. The number of aliphatic hydroxyl groups excluding tert-OH is 1. The Morgan fingerprint density at radius 1 is 1.25 bits per heavy atom. The number of piperazine rings is 1. The van der Waals surface area contributed by atoms with Crippen molar-refractivity contribution in [2.75, 3.05) is 59.5 Å². The minimum atomic E-state index is -0.245. The second-order valence-electron chi connectivity index (χ2n) is 10.3. The maximum atomic E-state index is 13.6. The molecule has 2 heterocycles. The summed E-state index contributed by atoms with van der Waals surface area (Å²) in [4.78, 5) is 20.0.